The molecule has 0 radical (unpaired) electrons. The van der Waals surface area contributed by atoms with E-state index in [1.165, 1.54) is 37.7 Å². The van der Waals surface area contributed by atoms with Gasteiger partial charge in [-0.05, 0) is 67.1 Å². The van der Waals surface area contributed by atoms with Gasteiger partial charge in [-0.2, -0.15) is 0 Å². The number of nitrogens with one attached hydrogen (secondary N) is 1. The third kappa shape index (κ3) is 5.17. The first kappa shape index (κ1) is 17.7. The number of nitrogens with two attached hydrogens (primary N) is 1. The molecule has 0 spiro atoms. The van der Waals surface area contributed by atoms with E-state index in [-0.39, 0.29) is 5.91 Å². The summed E-state index contributed by atoms with van der Waals surface area (Å²) in [6.45, 7) is 2.17. The molecule has 1 aliphatic rings. The predicted molar refractivity (Wildman–Crippen MR) is 104 cm³/mol. The topological polar surface area (TPSA) is 55.1 Å². The molecule has 2 aromatic rings. The van der Waals surface area contributed by atoms with E-state index in [4.69, 9.17) is 5.73 Å². The number of primary amides is 1. The predicted octanol–water partition coefficient (Wildman–Crippen LogP) is 4.16. The molecule has 0 unspecified atom stereocenters. The number of rotatable bonds is 7. The van der Waals surface area contributed by atoms with Gasteiger partial charge in [-0.25, -0.2) is 0 Å². The van der Waals surface area contributed by atoms with Crippen molar-refractivity contribution in [2.24, 2.45) is 11.7 Å². The van der Waals surface area contributed by atoms with Crippen molar-refractivity contribution in [3.8, 4) is 11.1 Å². The molecule has 25 heavy (non-hydrogen) atoms. The molecule has 1 fully saturated rings. The molecule has 0 atom stereocenters. The van der Waals surface area contributed by atoms with Crippen molar-refractivity contribution in [1.29, 1.82) is 0 Å². The number of carbonyl (C=O) groups excluding carboxylic acids is 1. The summed E-state index contributed by atoms with van der Waals surface area (Å²) in [5.41, 5.74) is 9.42. The summed E-state index contributed by atoms with van der Waals surface area (Å²) in [6, 6.07) is 16.1. The average molecular weight is 336 g/mol. The lowest BCUT2D eigenvalue weighted by atomic mass is 9.89. The van der Waals surface area contributed by atoms with E-state index >= 15 is 0 Å². The first-order chi connectivity index (χ1) is 12.2. The summed E-state index contributed by atoms with van der Waals surface area (Å²) in [5.74, 6) is 0.488. The smallest absolute Gasteiger partial charge is 0.248 e. The molecule has 0 aliphatic heterocycles. The Hall–Kier alpha value is -2.13. The fraction of sp³-hybridized carbons (Fsp3) is 0.409. The zero-order valence-electron chi connectivity index (χ0n) is 14.8. The Labute approximate surface area is 150 Å². The summed E-state index contributed by atoms with van der Waals surface area (Å²) in [7, 11) is 0. The van der Waals surface area contributed by atoms with Crippen LogP contribution in [0.3, 0.4) is 0 Å². The first-order valence-corrected chi connectivity index (χ1v) is 9.42. The van der Waals surface area contributed by atoms with Gasteiger partial charge in [0.2, 0.25) is 5.91 Å². The second kappa shape index (κ2) is 8.82. The van der Waals surface area contributed by atoms with Gasteiger partial charge in [-0.3, -0.25) is 4.79 Å². The minimum Gasteiger partial charge on any atom is -0.366 e. The largest absolute Gasteiger partial charge is 0.366 e. The third-order valence-electron chi connectivity index (χ3n) is 5.16. The zero-order valence-corrected chi connectivity index (χ0v) is 14.8. The minimum absolute atomic E-state index is 0.384. The van der Waals surface area contributed by atoms with Crippen LogP contribution in [0.1, 0.15) is 48.0 Å². The fourth-order valence-corrected chi connectivity index (χ4v) is 3.69. The van der Waals surface area contributed by atoms with E-state index in [0.717, 1.165) is 36.6 Å². The van der Waals surface area contributed by atoms with Gasteiger partial charge in [0.05, 0.1) is 0 Å². The number of carbonyl (C=O) groups is 1. The Bertz CT molecular complexity index is 705. The number of amides is 1. The summed E-state index contributed by atoms with van der Waals surface area (Å²) in [6.07, 6.45) is 8.02. The molecule has 3 N–H and O–H groups in total. The Balaban J connectivity index is 1.56. The molecule has 0 heterocycles. The van der Waals surface area contributed by atoms with Crippen LogP contribution in [0.5, 0.6) is 0 Å². The Kier molecular flexibility index (Phi) is 6.24. The summed E-state index contributed by atoms with van der Waals surface area (Å²) in [5, 5.41) is 3.63. The van der Waals surface area contributed by atoms with Crippen molar-refractivity contribution in [2.45, 2.75) is 38.5 Å². The average Bonchev–Trinajstić information content (AvgIpc) is 2.66. The molecule has 1 amide bonds. The Morgan fingerprint density at radius 2 is 1.72 bits per heavy atom. The highest BCUT2D eigenvalue weighted by atomic mass is 16.1. The first-order valence-electron chi connectivity index (χ1n) is 9.42. The Morgan fingerprint density at radius 1 is 1.00 bits per heavy atom. The molecular formula is C22H28N2O. The van der Waals surface area contributed by atoms with Gasteiger partial charge in [0, 0.05) is 5.56 Å². The number of hydrogen-bond acceptors (Lipinski definition) is 2. The maximum Gasteiger partial charge on any atom is 0.248 e. The van der Waals surface area contributed by atoms with Crippen LogP contribution in [0.4, 0.5) is 0 Å². The van der Waals surface area contributed by atoms with Gasteiger partial charge >= 0.3 is 0 Å². The van der Waals surface area contributed by atoms with E-state index in [0.29, 0.717) is 5.56 Å². The zero-order chi connectivity index (χ0) is 17.5. The van der Waals surface area contributed by atoms with Crippen LogP contribution in [0, 0.1) is 5.92 Å². The Morgan fingerprint density at radius 3 is 2.48 bits per heavy atom. The second-order valence-corrected chi connectivity index (χ2v) is 7.10. The van der Waals surface area contributed by atoms with E-state index in [1.807, 2.05) is 18.2 Å². The quantitative estimate of drug-likeness (QED) is 0.746. The van der Waals surface area contributed by atoms with Crippen molar-refractivity contribution in [2.75, 3.05) is 13.1 Å². The van der Waals surface area contributed by atoms with Crippen molar-refractivity contribution < 1.29 is 4.79 Å². The van der Waals surface area contributed by atoms with E-state index < -0.39 is 0 Å². The highest BCUT2D eigenvalue weighted by Crippen LogP contribution is 2.23. The van der Waals surface area contributed by atoms with Crippen molar-refractivity contribution >= 4 is 5.91 Å². The van der Waals surface area contributed by atoms with Gasteiger partial charge in [-0.1, -0.05) is 55.7 Å². The summed E-state index contributed by atoms with van der Waals surface area (Å²) < 4.78 is 0. The van der Waals surface area contributed by atoms with Crippen LogP contribution in [-0.4, -0.2) is 19.0 Å². The van der Waals surface area contributed by atoms with Crippen LogP contribution >= 0.6 is 0 Å². The van der Waals surface area contributed by atoms with E-state index in [9.17, 15) is 4.79 Å². The van der Waals surface area contributed by atoms with E-state index in [2.05, 4.69) is 29.6 Å². The summed E-state index contributed by atoms with van der Waals surface area (Å²) >= 11 is 0. The third-order valence-corrected chi connectivity index (χ3v) is 5.16. The van der Waals surface area contributed by atoms with Crippen LogP contribution in [0.2, 0.25) is 0 Å². The summed E-state index contributed by atoms with van der Waals surface area (Å²) in [4.78, 5) is 11.4. The lowest BCUT2D eigenvalue weighted by molar-refractivity contribution is 0.100. The molecule has 2 aromatic carbocycles. The van der Waals surface area contributed by atoms with Crippen LogP contribution in [0.15, 0.2) is 48.5 Å². The highest BCUT2D eigenvalue weighted by molar-refractivity contribution is 5.94. The second-order valence-electron chi connectivity index (χ2n) is 7.10. The lowest BCUT2D eigenvalue weighted by Crippen LogP contribution is -2.26. The number of benzene rings is 2. The van der Waals surface area contributed by atoms with Crippen molar-refractivity contribution in [3.05, 3.63) is 59.7 Å². The molecule has 132 valence electrons. The minimum atomic E-state index is -0.384. The molecule has 1 saturated carbocycles. The van der Waals surface area contributed by atoms with E-state index in [1.54, 1.807) is 6.07 Å². The molecule has 3 rings (SSSR count). The lowest BCUT2D eigenvalue weighted by Gasteiger charge is -2.21. The standard InChI is InChI=1S/C22H28N2O/c23-22(25)21-11-5-10-20(15-21)19-9-4-8-17(14-19)12-13-24-16-18-6-2-1-3-7-18/h4-5,8-11,14-15,18,24H,1-3,6-7,12-13,16H2,(H2,23,25). The highest BCUT2D eigenvalue weighted by Gasteiger charge is 2.12. The molecular weight excluding hydrogens is 308 g/mol. The van der Waals surface area contributed by atoms with Gasteiger partial charge in [0.15, 0.2) is 0 Å². The van der Waals surface area contributed by atoms with Crippen molar-refractivity contribution in [1.82, 2.24) is 5.32 Å². The van der Waals surface area contributed by atoms with Crippen LogP contribution < -0.4 is 11.1 Å². The normalized spacial score (nSPS) is 15.2. The monoisotopic (exact) mass is 336 g/mol. The SMILES string of the molecule is NC(=O)c1cccc(-c2cccc(CCNCC3CCCCC3)c2)c1. The van der Waals surface area contributed by atoms with Crippen LogP contribution in [0.25, 0.3) is 11.1 Å². The molecule has 0 saturated heterocycles. The van der Waals surface area contributed by atoms with Gasteiger partial charge in [0.25, 0.3) is 0 Å². The van der Waals surface area contributed by atoms with Gasteiger partial charge in [0.1, 0.15) is 0 Å². The molecule has 0 aromatic heterocycles. The molecule has 0 bridgehead atoms. The number of hydrogen-bond donors (Lipinski definition) is 2. The maximum atomic E-state index is 11.4. The molecule has 1 aliphatic carbocycles. The van der Waals surface area contributed by atoms with Gasteiger partial charge < -0.3 is 11.1 Å². The van der Waals surface area contributed by atoms with Crippen molar-refractivity contribution in [3.63, 3.8) is 0 Å². The maximum absolute atomic E-state index is 11.4. The van der Waals surface area contributed by atoms with Gasteiger partial charge in [-0.15, -0.1) is 0 Å². The van der Waals surface area contributed by atoms with Crippen LogP contribution in [-0.2, 0) is 6.42 Å². The molecule has 3 nitrogen and oxygen atoms in total. The fourth-order valence-electron chi connectivity index (χ4n) is 3.69. The molecule has 3 heteroatoms.